The normalized spacial score (nSPS) is 15.0. The average Bonchev–Trinajstić information content (AvgIpc) is 3.15. The van der Waals surface area contributed by atoms with Crippen LogP contribution in [0.4, 0.5) is 0 Å². The van der Waals surface area contributed by atoms with E-state index in [0.29, 0.717) is 0 Å². The number of hydrogen-bond acceptors (Lipinski definition) is 1. The molecule has 24 heavy (non-hydrogen) atoms. The van der Waals surface area contributed by atoms with E-state index in [4.69, 9.17) is 23.2 Å². The first-order chi connectivity index (χ1) is 11.6. The number of benzene rings is 2. The second kappa shape index (κ2) is 6.12. The van der Waals surface area contributed by atoms with Crippen molar-refractivity contribution in [2.24, 2.45) is 0 Å². The van der Waals surface area contributed by atoms with Crippen LogP contribution in [-0.2, 0) is 6.42 Å². The summed E-state index contributed by atoms with van der Waals surface area (Å²) in [5.74, 6) is 0. The van der Waals surface area contributed by atoms with E-state index < -0.39 is 0 Å². The lowest BCUT2D eigenvalue weighted by molar-refractivity contribution is 0.864. The fraction of sp³-hybridized carbons (Fsp3) is 0.150. The van der Waals surface area contributed by atoms with Crippen molar-refractivity contribution >= 4 is 34.9 Å². The number of halogens is 2. The van der Waals surface area contributed by atoms with Crippen molar-refractivity contribution in [3.8, 4) is 5.69 Å². The highest BCUT2D eigenvalue weighted by Gasteiger charge is 2.22. The van der Waals surface area contributed by atoms with Crippen molar-refractivity contribution in [3.05, 3.63) is 81.1 Å². The second-order valence-electron chi connectivity index (χ2n) is 6.08. The van der Waals surface area contributed by atoms with Gasteiger partial charge in [0.2, 0.25) is 0 Å². The van der Waals surface area contributed by atoms with Gasteiger partial charge in [-0.2, -0.15) is 5.10 Å². The smallest absolute Gasteiger partial charge is 0.0733 e. The summed E-state index contributed by atoms with van der Waals surface area (Å²) in [6.45, 7) is 2.01. The van der Waals surface area contributed by atoms with Gasteiger partial charge in [0, 0.05) is 10.0 Å². The first-order valence-electron chi connectivity index (χ1n) is 7.92. The zero-order valence-corrected chi connectivity index (χ0v) is 14.8. The van der Waals surface area contributed by atoms with E-state index in [1.54, 1.807) is 0 Å². The Balaban J connectivity index is 1.79. The molecule has 2 aromatic carbocycles. The Bertz CT molecular complexity index is 937. The molecule has 0 N–H and O–H groups in total. The summed E-state index contributed by atoms with van der Waals surface area (Å²) < 4.78 is 2.00. The van der Waals surface area contributed by atoms with Crippen LogP contribution in [0.15, 0.2) is 48.7 Å². The van der Waals surface area contributed by atoms with Gasteiger partial charge in [-0.15, -0.1) is 0 Å². The van der Waals surface area contributed by atoms with Crippen molar-refractivity contribution < 1.29 is 0 Å². The molecule has 2 nitrogen and oxygen atoms in total. The van der Waals surface area contributed by atoms with Crippen molar-refractivity contribution in [2.75, 3.05) is 0 Å². The van der Waals surface area contributed by atoms with Gasteiger partial charge in [0.15, 0.2) is 0 Å². The lowest BCUT2D eigenvalue weighted by atomic mass is 10.1. The van der Waals surface area contributed by atoms with Gasteiger partial charge in [0.25, 0.3) is 0 Å². The zero-order chi connectivity index (χ0) is 16.7. The Hall–Kier alpha value is -2.03. The molecule has 1 heterocycles. The predicted molar refractivity (Wildman–Crippen MR) is 101 cm³/mol. The summed E-state index contributed by atoms with van der Waals surface area (Å²) in [5, 5.41) is 6.10. The van der Waals surface area contributed by atoms with Crippen LogP contribution in [0.5, 0.6) is 0 Å². The van der Waals surface area contributed by atoms with Crippen LogP contribution in [0.2, 0.25) is 10.0 Å². The molecule has 0 fully saturated rings. The van der Waals surface area contributed by atoms with Crippen LogP contribution in [0.25, 0.3) is 17.3 Å². The predicted octanol–water partition coefficient (Wildman–Crippen LogP) is 5.97. The van der Waals surface area contributed by atoms with Gasteiger partial charge in [0.1, 0.15) is 0 Å². The maximum Gasteiger partial charge on any atom is 0.0733 e. The third-order valence-electron chi connectivity index (χ3n) is 4.42. The van der Waals surface area contributed by atoms with Gasteiger partial charge in [-0.25, -0.2) is 4.68 Å². The molecule has 1 aromatic heterocycles. The third-order valence-corrected chi connectivity index (χ3v) is 5.08. The maximum absolute atomic E-state index is 6.29. The molecule has 120 valence electrons. The van der Waals surface area contributed by atoms with Gasteiger partial charge in [-0.05, 0) is 72.4 Å². The Morgan fingerprint density at radius 2 is 1.83 bits per heavy atom. The molecular formula is C20H16Cl2N2. The standard InChI is InChI=1S/C20H16Cl2N2/c1-13-2-9-18(11-19(13)22)24-20-15(5-6-16(20)12-23-24)10-14-3-7-17(21)8-4-14/h2-4,7-12H,5-6H2,1H3. The first kappa shape index (κ1) is 15.5. The number of allylic oxidation sites excluding steroid dienone is 1. The third kappa shape index (κ3) is 2.77. The zero-order valence-electron chi connectivity index (χ0n) is 13.3. The van der Waals surface area contributed by atoms with Gasteiger partial charge in [-0.3, -0.25) is 0 Å². The Labute approximate surface area is 151 Å². The van der Waals surface area contributed by atoms with Crippen LogP contribution in [0.3, 0.4) is 0 Å². The van der Waals surface area contributed by atoms with Gasteiger partial charge < -0.3 is 0 Å². The molecule has 4 heteroatoms. The van der Waals surface area contributed by atoms with E-state index in [0.717, 1.165) is 39.7 Å². The number of rotatable bonds is 2. The molecule has 1 aliphatic rings. The van der Waals surface area contributed by atoms with Crippen molar-refractivity contribution in [1.29, 1.82) is 0 Å². The van der Waals surface area contributed by atoms with Gasteiger partial charge in [0.05, 0.1) is 17.6 Å². The largest absolute Gasteiger partial charge is 0.233 e. The van der Waals surface area contributed by atoms with E-state index in [1.807, 2.05) is 54.2 Å². The van der Waals surface area contributed by atoms with Gasteiger partial charge >= 0.3 is 0 Å². The Kier molecular flexibility index (Phi) is 3.95. The summed E-state index contributed by atoms with van der Waals surface area (Å²) in [6.07, 6.45) is 6.23. The Morgan fingerprint density at radius 3 is 2.58 bits per heavy atom. The van der Waals surface area contributed by atoms with Gasteiger partial charge in [-0.1, -0.05) is 41.4 Å². The minimum absolute atomic E-state index is 0.753. The molecule has 0 saturated carbocycles. The van der Waals surface area contributed by atoms with E-state index in [-0.39, 0.29) is 0 Å². The van der Waals surface area contributed by atoms with Crippen molar-refractivity contribution in [3.63, 3.8) is 0 Å². The van der Waals surface area contributed by atoms with Crippen molar-refractivity contribution in [2.45, 2.75) is 19.8 Å². The highest BCUT2D eigenvalue weighted by Crippen LogP contribution is 2.35. The summed E-state index contributed by atoms with van der Waals surface area (Å²) >= 11 is 12.3. The molecule has 0 bridgehead atoms. The lowest BCUT2D eigenvalue weighted by Gasteiger charge is -2.09. The van der Waals surface area contributed by atoms with Crippen LogP contribution in [0.1, 0.15) is 28.8 Å². The van der Waals surface area contributed by atoms with Crippen LogP contribution >= 0.6 is 23.2 Å². The second-order valence-corrected chi connectivity index (χ2v) is 6.93. The monoisotopic (exact) mass is 354 g/mol. The summed E-state index contributed by atoms with van der Waals surface area (Å²) in [4.78, 5) is 0. The highest BCUT2D eigenvalue weighted by atomic mass is 35.5. The summed E-state index contributed by atoms with van der Waals surface area (Å²) in [7, 11) is 0. The molecular weight excluding hydrogens is 339 g/mol. The Morgan fingerprint density at radius 1 is 1.04 bits per heavy atom. The van der Waals surface area contributed by atoms with E-state index >= 15 is 0 Å². The molecule has 3 aromatic rings. The lowest BCUT2D eigenvalue weighted by Crippen LogP contribution is -2.01. The fourth-order valence-corrected chi connectivity index (χ4v) is 3.41. The quantitative estimate of drug-likeness (QED) is 0.553. The topological polar surface area (TPSA) is 17.8 Å². The van der Waals surface area contributed by atoms with Crippen LogP contribution < -0.4 is 0 Å². The van der Waals surface area contributed by atoms with E-state index in [9.17, 15) is 0 Å². The van der Waals surface area contributed by atoms with Crippen LogP contribution in [-0.4, -0.2) is 9.78 Å². The molecule has 0 amide bonds. The molecule has 0 aliphatic heterocycles. The molecule has 0 atom stereocenters. The molecule has 4 rings (SSSR count). The number of aryl methyl sites for hydroxylation is 2. The van der Waals surface area contributed by atoms with E-state index in [1.165, 1.54) is 16.8 Å². The van der Waals surface area contributed by atoms with Crippen LogP contribution in [0, 0.1) is 6.92 Å². The summed E-state index contributed by atoms with van der Waals surface area (Å²) in [6, 6.07) is 14.0. The molecule has 0 unspecified atom stereocenters. The number of hydrogen-bond donors (Lipinski definition) is 0. The molecule has 0 spiro atoms. The minimum Gasteiger partial charge on any atom is -0.233 e. The van der Waals surface area contributed by atoms with Crippen molar-refractivity contribution in [1.82, 2.24) is 9.78 Å². The minimum atomic E-state index is 0.753. The van der Waals surface area contributed by atoms with E-state index in [2.05, 4.69) is 17.2 Å². The molecule has 0 saturated heterocycles. The first-order valence-corrected chi connectivity index (χ1v) is 8.67. The average molecular weight is 355 g/mol. The summed E-state index contributed by atoms with van der Waals surface area (Å²) in [5.41, 5.74) is 6.98. The highest BCUT2D eigenvalue weighted by molar-refractivity contribution is 6.31. The molecule has 1 aliphatic carbocycles. The number of fused-ring (bicyclic) bond motifs is 1. The number of aromatic nitrogens is 2. The molecule has 0 radical (unpaired) electrons. The fourth-order valence-electron chi connectivity index (χ4n) is 3.11. The number of nitrogens with zero attached hydrogens (tertiary/aromatic N) is 2. The SMILES string of the molecule is Cc1ccc(-n2ncc3c2C(=Cc2ccc(Cl)cc2)CC3)cc1Cl. The maximum atomic E-state index is 6.29.